The Bertz CT molecular complexity index is 812. The molecule has 0 aliphatic carbocycles. The van der Waals surface area contributed by atoms with Crippen LogP contribution in [-0.2, 0) is 6.54 Å². The van der Waals surface area contributed by atoms with E-state index >= 15 is 0 Å². The summed E-state index contributed by atoms with van der Waals surface area (Å²) in [6.45, 7) is 4.43. The summed E-state index contributed by atoms with van der Waals surface area (Å²) in [5.74, 6) is -0.0416. The average Bonchev–Trinajstić information content (AvgIpc) is 2.90. The maximum atomic E-state index is 12.0. The summed E-state index contributed by atoms with van der Waals surface area (Å²) < 4.78 is 6.61. The number of likely N-dealkylation sites (tertiary alicyclic amines) is 1. The van der Waals surface area contributed by atoms with Crippen molar-refractivity contribution in [2.45, 2.75) is 38.8 Å². The van der Waals surface area contributed by atoms with Gasteiger partial charge < -0.3 is 9.52 Å². The molecular weight excluding hydrogens is 326 g/mol. The van der Waals surface area contributed by atoms with Gasteiger partial charge >= 0.3 is 5.76 Å². The molecule has 0 radical (unpaired) electrons. The number of aliphatic hydroxyl groups is 1. The molecule has 2 atom stereocenters. The molecule has 8 heteroatoms. The molecule has 2 aromatic rings. The number of hydrogen-bond acceptors (Lipinski definition) is 6. The van der Waals surface area contributed by atoms with Gasteiger partial charge in [0.05, 0.1) is 17.0 Å². The van der Waals surface area contributed by atoms with Gasteiger partial charge in [0.1, 0.15) is 0 Å². The fraction of sp³-hybridized carbons (Fsp3) is 0.588. The minimum absolute atomic E-state index is 0.0627. The lowest BCUT2D eigenvalue weighted by Crippen LogP contribution is -2.47. The number of oxazole rings is 1. The molecule has 8 nitrogen and oxygen atoms in total. The van der Waals surface area contributed by atoms with Gasteiger partial charge in [-0.3, -0.25) is 19.6 Å². The van der Waals surface area contributed by atoms with E-state index in [0.29, 0.717) is 30.0 Å². The molecule has 0 saturated carbocycles. The summed E-state index contributed by atoms with van der Waals surface area (Å²) in [6.07, 6.45) is 2.94. The van der Waals surface area contributed by atoms with Crippen LogP contribution in [0.25, 0.3) is 11.1 Å². The average molecular weight is 349 g/mol. The zero-order valence-corrected chi connectivity index (χ0v) is 14.3. The highest BCUT2D eigenvalue weighted by molar-refractivity contribution is 5.75. The predicted octanol–water partition coefficient (Wildman–Crippen LogP) is 1.99. The Kier molecular flexibility index (Phi) is 5.19. The molecule has 3 rings (SSSR count). The first kappa shape index (κ1) is 17.6. The number of aryl methyl sites for hydroxylation is 1. The third-order valence-electron chi connectivity index (χ3n) is 5.11. The molecule has 0 bridgehead atoms. The van der Waals surface area contributed by atoms with E-state index in [1.807, 2.05) is 0 Å². The third-order valence-corrected chi connectivity index (χ3v) is 5.11. The summed E-state index contributed by atoms with van der Waals surface area (Å²) >= 11 is 0. The number of non-ortho nitro benzene ring substituents is 1. The molecular formula is C17H23N3O5. The van der Waals surface area contributed by atoms with Crippen molar-refractivity contribution in [1.82, 2.24) is 9.47 Å². The van der Waals surface area contributed by atoms with Gasteiger partial charge in [0, 0.05) is 31.3 Å². The van der Waals surface area contributed by atoms with Gasteiger partial charge in [-0.2, -0.15) is 0 Å². The number of fused-ring (bicyclic) bond motifs is 1. The first-order valence-corrected chi connectivity index (χ1v) is 8.64. The van der Waals surface area contributed by atoms with Crippen molar-refractivity contribution in [1.29, 1.82) is 0 Å². The second-order valence-electron chi connectivity index (χ2n) is 6.69. The van der Waals surface area contributed by atoms with Crippen LogP contribution in [0.2, 0.25) is 0 Å². The molecule has 1 aromatic carbocycles. The number of aromatic nitrogens is 1. The number of aliphatic hydroxyl groups excluding tert-OH is 1. The molecule has 1 fully saturated rings. The van der Waals surface area contributed by atoms with Crippen LogP contribution >= 0.6 is 0 Å². The van der Waals surface area contributed by atoms with Crippen molar-refractivity contribution in [3.8, 4) is 0 Å². The minimum Gasteiger partial charge on any atom is -0.408 e. The van der Waals surface area contributed by atoms with Crippen molar-refractivity contribution in [2.75, 3.05) is 19.7 Å². The summed E-state index contributed by atoms with van der Waals surface area (Å²) in [7, 11) is 0. The number of nitro benzene ring substituents is 1. The zero-order valence-electron chi connectivity index (χ0n) is 14.3. The molecule has 1 saturated heterocycles. The summed E-state index contributed by atoms with van der Waals surface area (Å²) in [4.78, 5) is 24.8. The smallest absolute Gasteiger partial charge is 0.408 e. The predicted molar refractivity (Wildman–Crippen MR) is 92.6 cm³/mol. The lowest BCUT2D eigenvalue weighted by molar-refractivity contribution is -0.384. The SMILES string of the molecule is CC1CCCN(CCCn2c(=O)oc3ccc([N+](=O)[O-])cc32)C1CO. The number of nitrogens with zero attached hydrogens (tertiary/aromatic N) is 3. The molecule has 1 aliphatic rings. The van der Waals surface area contributed by atoms with Crippen LogP contribution in [0.3, 0.4) is 0 Å². The number of nitro groups is 1. The van der Waals surface area contributed by atoms with Gasteiger partial charge in [0.25, 0.3) is 5.69 Å². The third kappa shape index (κ3) is 3.59. The van der Waals surface area contributed by atoms with Gasteiger partial charge in [-0.1, -0.05) is 6.92 Å². The van der Waals surface area contributed by atoms with E-state index < -0.39 is 10.7 Å². The number of hydrogen-bond donors (Lipinski definition) is 1. The van der Waals surface area contributed by atoms with Crippen LogP contribution in [0.4, 0.5) is 5.69 Å². The van der Waals surface area contributed by atoms with Crippen LogP contribution in [0.5, 0.6) is 0 Å². The van der Waals surface area contributed by atoms with Crippen LogP contribution in [0.15, 0.2) is 27.4 Å². The fourth-order valence-corrected chi connectivity index (χ4v) is 3.72. The summed E-state index contributed by atoms with van der Waals surface area (Å²) in [5.41, 5.74) is 0.743. The Balaban J connectivity index is 1.72. The summed E-state index contributed by atoms with van der Waals surface area (Å²) in [5, 5.41) is 20.5. The number of piperidine rings is 1. The van der Waals surface area contributed by atoms with E-state index in [0.717, 1.165) is 25.9 Å². The Morgan fingerprint density at radius 2 is 2.20 bits per heavy atom. The van der Waals surface area contributed by atoms with Gasteiger partial charge in [-0.05, 0) is 37.8 Å². The number of benzene rings is 1. The molecule has 2 heterocycles. The quantitative estimate of drug-likeness (QED) is 0.632. The van der Waals surface area contributed by atoms with Crippen molar-refractivity contribution in [3.63, 3.8) is 0 Å². The second-order valence-corrected chi connectivity index (χ2v) is 6.69. The second kappa shape index (κ2) is 7.37. The topological polar surface area (TPSA) is 102 Å². The van der Waals surface area contributed by atoms with E-state index in [1.165, 1.54) is 22.8 Å². The molecule has 2 unspecified atom stereocenters. The van der Waals surface area contributed by atoms with Crippen molar-refractivity contribution < 1.29 is 14.4 Å². The Hall–Kier alpha value is -2.19. The van der Waals surface area contributed by atoms with E-state index in [2.05, 4.69) is 11.8 Å². The van der Waals surface area contributed by atoms with Gasteiger partial charge in [-0.15, -0.1) is 0 Å². The molecule has 0 amide bonds. The molecule has 1 aliphatic heterocycles. The maximum absolute atomic E-state index is 12.0. The normalized spacial score (nSPS) is 21.7. The van der Waals surface area contributed by atoms with Gasteiger partial charge in [0.2, 0.25) is 0 Å². The standard InChI is InChI=1S/C17H23N3O5/c1-12-4-2-7-18(15(12)11-21)8-3-9-19-14-10-13(20(23)24)5-6-16(14)25-17(19)22/h5-6,10,12,15,21H,2-4,7-9,11H2,1H3. The zero-order chi connectivity index (χ0) is 18.0. The maximum Gasteiger partial charge on any atom is 0.419 e. The highest BCUT2D eigenvalue weighted by atomic mass is 16.6. The monoisotopic (exact) mass is 349 g/mol. The first-order valence-electron chi connectivity index (χ1n) is 8.64. The van der Waals surface area contributed by atoms with E-state index in [-0.39, 0.29) is 18.3 Å². The fourth-order valence-electron chi connectivity index (χ4n) is 3.72. The van der Waals surface area contributed by atoms with Crippen molar-refractivity contribution >= 4 is 16.8 Å². The highest BCUT2D eigenvalue weighted by Gasteiger charge is 2.27. The highest BCUT2D eigenvalue weighted by Crippen LogP contribution is 2.24. The van der Waals surface area contributed by atoms with Crippen molar-refractivity contribution in [3.05, 3.63) is 38.9 Å². The van der Waals surface area contributed by atoms with E-state index in [4.69, 9.17) is 4.42 Å². The van der Waals surface area contributed by atoms with E-state index in [1.54, 1.807) is 0 Å². The van der Waals surface area contributed by atoms with Crippen LogP contribution in [-0.4, -0.2) is 45.2 Å². The molecule has 136 valence electrons. The van der Waals surface area contributed by atoms with Crippen LogP contribution in [0.1, 0.15) is 26.2 Å². The van der Waals surface area contributed by atoms with Gasteiger partial charge in [-0.25, -0.2) is 4.79 Å². The minimum atomic E-state index is -0.499. The lowest BCUT2D eigenvalue weighted by Gasteiger charge is -2.39. The Labute approximate surface area is 144 Å². The van der Waals surface area contributed by atoms with Crippen molar-refractivity contribution in [2.24, 2.45) is 5.92 Å². The number of rotatable bonds is 6. The largest absolute Gasteiger partial charge is 0.419 e. The van der Waals surface area contributed by atoms with Gasteiger partial charge in [0.15, 0.2) is 5.58 Å². The lowest BCUT2D eigenvalue weighted by atomic mass is 9.91. The van der Waals surface area contributed by atoms with Crippen LogP contribution in [0, 0.1) is 16.0 Å². The Morgan fingerprint density at radius 1 is 1.40 bits per heavy atom. The molecule has 1 N–H and O–H groups in total. The van der Waals surface area contributed by atoms with Crippen LogP contribution < -0.4 is 5.76 Å². The summed E-state index contributed by atoms with van der Waals surface area (Å²) in [6, 6.07) is 4.32. The Morgan fingerprint density at radius 3 is 2.92 bits per heavy atom. The first-order chi connectivity index (χ1) is 12.0. The molecule has 25 heavy (non-hydrogen) atoms. The molecule has 0 spiro atoms. The molecule has 1 aromatic heterocycles. The van der Waals surface area contributed by atoms with E-state index in [9.17, 15) is 20.0 Å².